The summed E-state index contributed by atoms with van der Waals surface area (Å²) in [6, 6.07) is 19.7. The Bertz CT molecular complexity index is 807. The molecule has 0 radical (unpaired) electrons. The molecule has 114 valence electrons. The lowest BCUT2D eigenvalue weighted by Crippen LogP contribution is -2.01. The lowest BCUT2D eigenvalue weighted by molar-refractivity contribution is -0.114. The summed E-state index contributed by atoms with van der Waals surface area (Å²) in [4.78, 5) is 15.8. The van der Waals surface area contributed by atoms with Crippen molar-refractivity contribution in [3.63, 3.8) is 0 Å². The minimum Gasteiger partial charge on any atom is -0.299 e. The minimum absolute atomic E-state index is 0.0898. The Labute approximate surface area is 139 Å². The van der Waals surface area contributed by atoms with Gasteiger partial charge in [-0.15, -0.1) is 10.2 Å². The van der Waals surface area contributed by atoms with Crippen LogP contribution in [0.25, 0.3) is 22.5 Å². The second-order valence-electron chi connectivity index (χ2n) is 5.01. The molecule has 0 atom stereocenters. The molecular weight excluding hydrogens is 306 g/mol. The number of hydrogen-bond acceptors (Lipinski definition) is 5. The zero-order valence-electron chi connectivity index (χ0n) is 12.6. The highest BCUT2D eigenvalue weighted by Gasteiger charge is 2.13. The number of thioether (sulfide) groups is 1. The predicted molar refractivity (Wildman–Crippen MR) is 92.1 cm³/mol. The SMILES string of the molecule is CC(=O)CSc1nnc(-c2ccccc2)c(-c2ccccc2)n1. The lowest BCUT2D eigenvalue weighted by atomic mass is 10.0. The highest BCUT2D eigenvalue weighted by atomic mass is 32.2. The number of benzene rings is 2. The Balaban J connectivity index is 2.07. The quantitative estimate of drug-likeness (QED) is 0.667. The van der Waals surface area contributed by atoms with Crippen LogP contribution in [-0.2, 0) is 4.79 Å². The summed E-state index contributed by atoms with van der Waals surface area (Å²) in [6.07, 6.45) is 0. The van der Waals surface area contributed by atoms with Crippen molar-refractivity contribution in [2.24, 2.45) is 0 Å². The number of ketones is 1. The van der Waals surface area contributed by atoms with Crippen LogP contribution in [0.1, 0.15) is 6.92 Å². The zero-order valence-corrected chi connectivity index (χ0v) is 13.5. The van der Waals surface area contributed by atoms with Gasteiger partial charge in [-0.1, -0.05) is 72.4 Å². The molecule has 3 aromatic rings. The molecular formula is C18H15N3OS. The first-order valence-corrected chi connectivity index (χ1v) is 8.20. The van der Waals surface area contributed by atoms with Crippen molar-refractivity contribution < 1.29 is 4.79 Å². The molecule has 0 N–H and O–H groups in total. The van der Waals surface area contributed by atoms with E-state index in [1.54, 1.807) is 6.92 Å². The molecule has 4 nitrogen and oxygen atoms in total. The van der Waals surface area contributed by atoms with Crippen molar-refractivity contribution in [3.8, 4) is 22.5 Å². The standard InChI is InChI=1S/C18H15N3OS/c1-13(22)12-23-18-19-16(14-8-4-2-5-9-14)17(20-21-18)15-10-6-3-7-11-15/h2-11H,12H2,1H3. The molecule has 0 aliphatic heterocycles. The smallest absolute Gasteiger partial charge is 0.210 e. The van der Waals surface area contributed by atoms with Gasteiger partial charge in [0.2, 0.25) is 5.16 Å². The second-order valence-corrected chi connectivity index (χ2v) is 5.96. The Hall–Kier alpha value is -2.53. The average molecular weight is 321 g/mol. The van der Waals surface area contributed by atoms with E-state index in [1.807, 2.05) is 60.7 Å². The molecule has 3 rings (SSSR count). The summed E-state index contributed by atoms with van der Waals surface area (Å²) in [5, 5.41) is 9.03. The van der Waals surface area contributed by atoms with E-state index >= 15 is 0 Å². The molecule has 0 bridgehead atoms. The molecule has 0 unspecified atom stereocenters. The van der Waals surface area contributed by atoms with Gasteiger partial charge in [0.1, 0.15) is 17.2 Å². The Morgan fingerprint density at radius 3 is 2.00 bits per heavy atom. The van der Waals surface area contributed by atoms with E-state index in [4.69, 9.17) is 0 Å². The third-order valence-corrected chi connectivity index (χ3v) is 4.15. The maximum Gasteiger partial charge on any atom is 0.210 e. The van der Waals surface area contributed by atoms with Crippen molar-refractivity contribution in [1.82, 2.24) is 15.2 Å². The van der Waals surface area contributed by atoms with Crippen molar-refractivity contribution in [3.05, 3.63) is 60.7 Å². The maximum atomic E-state index is 11.2. The van der Waals surface area contributed by atoms with Gasteiger partial charge < -0.3 is 0 Å². The molecule has 1 aromatic heterocycles. The van der Waals surface area contributed by atoms with E-state index in [-0.39, 0.29) is 5.78 Å². The summed E-state index contributed by atoms with van der Waals surface area (Å²) in [5.74, 6) is 0.438. The van der Waals surface area contributed by atoms with E-state index < -0.39 is 0 Å². The van der Waals surface area contributed by atoms with Crippen LogP contribution < -0.4 is 0 Å². The topological polar surface area (TPSA) is 55.7 Å². The lowest BCUT2D eigenvalue weighted by Gasteiger charge is -2.09. The van der Waals surface area contributed by atoms with Gasteiger partial charge in [0, 0.05) is 11.1 Å². The number of rotatable bonds is 5. The number of hydrogen-bond donors (Lipinski definition) is 0. The molecule has 0 aliphatic rings. The number of Topliss-reactive ketones (excluding diaryl/α,β-unsaturated/α-hetero) is 1. The van der Waals surface area contributed by atoms with E-state index in [0.717, 1.165) is 22.5 Å². The molecule has 0 spiro atoms. The average Bonchev–Trinajstić information content (AvgIpc) is 2.61. The van der Waals surface area contributed by atoms with Crippen LogP contribution in [0, 0.1) is 0 Å². The summed E-state index contributed by atoms with van der Waals surface area (Å²) in [5.41, 5.74) is 3.46. The first-order chi connectivity index (χ1) is 11.2. The van der Waals surface area contributed by atoms with Gasteiger partial charge in [-0.25, -0.2) is 4.98 Å². The van der Waals surface area contributed by atoms with Crippen molar-refractivity contribution in [2.45, 2.75) is 12.1 Å². The minimum atomic E-state index is 0.0898. The van der Waals surface area contributed by atoms with Crippen LogP contribution in [0.3, 0.4) is 0 Å². The molecule has 0 aliphatic carbocycles. The van der Waals surface area contributed by atoms with Crippen LogP contribution in [0.4, 0.5) is 0 Å². The normalized spacial score (nSPS) is 10.5. The first kappa shape index (κ1) is 15.4. The molecule has 0 saturated heterocycles. The molecule has 0 saturated carbocycles. The van der Waals surface area contributed by atoms with E-state index in [0.29, 0.717) is 10.9 Å². The van der Waals surface area contributed by atoms with E-state index in [1.165, 1.54) is 11.8 Å². The van der Waals surface area contributed by atoms with Crippen LogP contribution in [0.5, 0.6) is 0 Å². The molecule has 1 heterocycles. The van der Waals surface area contributed by atoms with Crippen molar-refractivity contribution in [1.29, 1.82) is 0 Å². The van der Waals surface area contributed by atoms with Gasteiger partial charge in [-0.05, 0) is 6.92 Å². The van der Waals surface area contributed by atoms with Gasteiger partial charge in [-0.2, -0.15) is 0 Å². The van der Waals surface area contributed by atoms with Gasteiger partial charge in [0.25, 0.3) is 0 Å². The summed E-state index contributed by atoms with van der Waals surface area (Å²) in [6.45, 7) is 1.55. The molecule has 0 amide bonds. The molecule has 2 aromatic carbocycles. The molecule has 0 fully saturated rings. The third kappa shape index (κ3) is 3.81. The monoisotopic (exact) mass is 321 g/mol. The summed E-state index contributed by atoms with van der Waals surface area (Å²) in [7, 11) is 0. The number of carbonyl (C=O) groups excluding carboxylic acids is 1. The zero-order chi connectivity index (χ0) is 16.1. The van der Waals surface area contributed by atoms with Crippen molar-refractivity contribution in [2.75, 3.05) is 5.75 Å². The first-order valence-electron chi connectivity index (χ1n) is 7.22. The highest BCUT2D eigenvalue weighted by molar-refractivity contribution is 7.99. The Morgan fingerprint density at radius 1 is 0.870 bits per heavy atom. The Kier molecular flexibility index (Phi) is 4.78. The largest absolute Gasteiger partial charge is 0.299 e. The molecule has 5 heteroatoms. The second kappa shape index (κ2) is 7.15. The fourth-order valence-electron chi connectivity index (χ4n) is 2.13. The fraction of sp³-hybridized carbons (Fsp3) is 0.111. The van der Waals surface area contributed by atoms with Gasteiger partial charge in [-0.3, -0.25) is 4.79 Å². The number of aromatic nitrogens is 3. The number of nitrogens with zero attached hydrogens (tertiary/aromatic N) is 3. The van der Waals surface area contributed by atoms with Gasteiger partial charge >= 0.3 is 0 Å². The van der Waals surface area contributed by atoms with Crippen LogP contribution in [0.2, 0.25) is 0 Å². The third-order valence-electron chi connectivity index (χ3n) is 3.17. The van der Waals surface area contributed by atoms with E-state index in [9.17, 15) is 4.79 Å². The van der Waals surface area contributed by atoms with Crippen LogP contribution in [0.15, 0.2) is 65.8 Å². The van der Waals surface area contributed by atoms with Gasteiger partial charge in [0.15, 0.2) is 0 Å². The highest BCUT2D eigenvalue weighted by Crippen LogP contribution is 2.29. The maximum absolute atomic E-state index is 11.2. The van der Waals surface area contributed by atoms with Gasteiger partial charge in [0.05, 0.1) is 5.75 Å². The number of carbonyl (C=O) groups is 1. The van der Waals surface area contributed by atoms with Crippen LogP contribution in [-0.4, -0.2) is 26.7 Å². The summed E-state index contributed by atoms with van der Waals surface area (Å²) < 4.78 is 0. The fourth-order valence-corrected chi connectivity index (χ4v) is 2.71. The predicted octanol–water partition coefficient (Wildman–Crippen LogP) is 3.89. The van der Waals surface area contributed by atoms with E-state index in [2.05, 4.69) is 15.2 Å². The molecule has 23 heavy (non-hydrogen) atoms. The summed E-state index contributed by atoms with van der Waals surface area (Å²) >= 11 is 1.31. The van der Waals surface area contributed by atoms with Crippen LogP contribution >= 0.6 is 11.8 Å². The Morgan fingerprint density at radius 2 is 1.43 bits per heavy atom. The van der Waals surface area contributed by atoms with Crippen molar-refractivity contribution >= 4 is 17.5 Å².